The van der Waals surface area contributed by atoms with E-state index >= 15 is 0 Å². The molecule has 4 aromatic rings. The molecule has 0 saturated carbocycles. The van der Waals surface area contributed by atoms with E-state index in [-0.39, 0.29) is 12.2 Å². The second kappa shape index (κ2) is 12.3. The molecule has 8 heteroatoms. The second-order valence-electron chi connectivity index (χ2n) is 10.4. The number of rotatable bonds is 9. The van der Waals surface area contributed by atoms with Crippen molar-refractivity contribution in [2.24, 2.45) is 5.92 Å². The van der Waals surface area contributed by atoms with Crippen molar-refractivity contribution in [1.82, 2.24) is 4.57 Å². The van der Waals surface area contributed by atoms with E-state index in [9.17, 15) is 18.0 Å². The molecule has 0 aliphatic heterocycles. The lowest BCUT2D eigenvalue weighted by atomic mass is 10.0. The van der Waals surface area contributed by atoms with Gasteiger partial charge in [-0.05, 0) is 97.5 Å². The van der Waals surface area contributed by atoms with Crippen LogP contribution in [0.25, 0.3) is 16.1 Å². The lowest BCUT2D eigenvalue weighted by molar-refractivity contribution is -0.136. The van der Waals surface area contributed by atoms with E-state index in [1.54, 1.807) is 36.4 Å². The first-order valence-electron chi connectivity index (χ1n) is 13.3. The van der Waals surface area contributed by atoms with Crippen molar-refractivity contribution in [2.45, 2.75) is 46.8 Å². The van der Waals surface area contributed by atoms with Gasteiger partial charge in [-0.3, -0.25) is 4.79 Å². The predicted molar refractivity (Wildman–Crippen MR) is 154 cm³/mol. The number of hydrogen-bond acceptors (Lipinski definition) is 3. The van der Waals surface area contributed by atoms with Crippen LogP contribution in [0, 0.1) is 26.3 Å². The van der Waals surface area contributed by atoms with Gasteiger partial charge in [-0.25, -0.2) is 4.85 Å². The van der Waals surface area contributed by atoms with Crippen molar-refractivity contribution in [1.29, 1.82) is 0 Å². The molecule has 0 atom stereocenters. The molecule has 0 unspecified atom stereocenters. The van der Waals surface area contributed by atoms with E-state index in [2.05, 4.69) is 18.7 Å². The Bertz CT molecular complexity index is 1610. The topological polar surface area (TPSA) is 44.8 Å². The zero-order valence-electron chi connectivity index (χ0n) is 23.4. The number of aryl methyl sites for hydroxylation is 2. The number of nitrogens with zero attached hydrogens (tertiary/aromatic N) is 2. The molecule has 0 saturated heterocycles. The van der Waals surface area contributed by atoms with Gasteiger partial charge in [0.25, 0.3) is 11.2 Å². The van der Waals surface area contributed by atoms with Crippen LogP contribution in [0.5, 0.6) is 17.2 Å². The summed E-state index contributed by atoms with van der Waals surface area (Å²) in [6, 6.07) is 20.2. The molecular formula is C33H31F3N2O3. The molecule has 3 aromatic carbocycles. The fourth-order valence-corrected chi connectivity index (χ4v) is 4.40. The van der Waals surface area contributed by atoms with Crippen molar-refractivity contribution in [3.63, 3.8) is 0 Å². The van der Waals surface area contributed by atoms with E-state index in [0.29, 0.717) is 29.6 Å². The molecule has 212 valence electrons. The summed E-state index contributed by atoms with van der Waals surface area (Å²) < 4.78 is 54.6. The number of pyridine rings is 1. The molecular weight excluding hydrogens is 529 g/mol. The third kappa shape index (κ3) is 7.17. The van der Waals surface area contributed by atoms with E-state index in [1.165, 1.54) is 4.57 Å². The summed E-state index contributed by atoms with van der Waals surface area (Å²) in [6.45, 7) is 16.0. The SMILES string of the molecule is [C-]#[N+]c1c(C(F)(F)F)cc(-c2ccc(Oc3ccc(OCCC(C)C)cc3)cc2)n(Cc2ccc(C)cc2C)c1=O. The average Bonchev–Trinajstić information content (AvgIpc) is 2.91. The normalized spacial score (nSPS) is 11.4. The minimum Gasteiger partial charge on any atom is -0.494 e. The Labute approximate surface area is 237 Å². The average molecular weight is 561 g/mol. The maximum atomic E-state index is 13.9. The lowest BCUT2D eigenvalue weighted by Crippen LogP contribution is -2.25. The molecule has 0 amide bonds. The van der Waals surface area contributed by atoms with Crippen molar-refractivity contribution < 1.29 is 22.6 Å². The van der Waals surface area contributed by atoms with Gasteiger partial charge in [0.15, 0.2) is 0 Å². The molecule has 0 spiro atoms. The molecule has 1 heterocycles. The predicted octanol–water partition coefficient (Wildman–Crippen LogP) is 8.97. The first-order valence-corrected chi connectivity index (χ1v) is 13.3. The summed E-state index contributed by atoms with van der Waals surface area (Å²) >= 11 is 0. The largest absolute Gasteiger partial charge is 0.494 e. The lowest BCUT2D eigenvalue weighted by Gasteiger charge is -2.19. The summed E-state index contributed by atoms with van der Waals surface area (Å²) in [6.07, 6.45) is -3.91. The van der Waals surface area contributed by atoms with Gasteiger partial charge >= 0.3 is 6.18 Å². The Kier molecular flexibility index (Phi) is 8.87. The van der Waals surface area contributed by atoms with Crippen molar-refractivity contribution in [3.05, 3.63) is 117 Å². The van der Waals surface area contributed by atoms with E-state index < -0.39 is 23.0 Å². The molecule has 0 aliphatic rings. The molecule has 0 aliphatic carbocycles. The van der Waals surface area contributed by atoms with Crippen molar-refractivity contribution in [2.75, 3.05) is 6.61 Å². The number of benzene rings is 3. The van der Waals surface area contributed by atoms with Crippen molar-refractivity contribution in [3.8, 4) is 28.5 Å². The van der Waals surface area contributed by atoms with Gasteiger partial charge in [0, 0.05) is 5.69 Å². The molecule has 0 N–H and O–H groups in total. The molecule has 0 bridgehead atoms. The van der Waals surface area contributed by atoms with Gasteiger partial charge < -0.3 is 14.0 Å². The molecule has 5 nitrogen and oxygen atoms in total. The highest BCUT2D eigenvalue weighted by Gasteiger charge is 2.36. The third-order valence-corrected chi connectivity index (χ3v) is 6.69. The van der Waals surface area contributed by atoms with E-state index in [1.807, 2.05) is 44.2 Å². The Morgan fingerprint density at radius 1 is 0.902 bits per heavy atom. The number of aromatic nitrogens is 1. The highest BCUT2D eigenvalue weighted by atomic mass is 19.4. The zero-order valence-corrected chi connectivity index (χ0v) is 23.4. The maximum absolute atomic E-state index is 13.9. The van der Waals surface area contributed by atoms with Gasteiger partial charge in [0.05, 0.1) is 25.3 Å². The summed E-state index contributed by atoms with van der Waals surface area (Å²) in [5.74, 6) is 2.33. The number of hydrogen-bond donors (Lipinski definition) is 0. The van der Waals surface area contributed by atoms with Gasteiger partial charge in [-0.1, -0.05) is 37.6 Å². The Balaban J connectivity index is 1.66. The van der Waals surface area contributed by atoms with E-state index in [0.717, 1.165) is 34.9 Å². The van der Waals surface area contributed by atoms with Crippen LogP contribution in [0.2, 0.25) is 0 Å². The van der Waals surface area contributed by atoms with Crippen LogP contribution in [0.15, 0.2) is 77.6 Å². The second-order valence-corrected chi connectivity index (χ2v) is 10.4. The fourth-order valence-electron chi connectivity index (χ4n) is 4.40. The monoisotopic (exact) mass is 560 g/mol. The Morgan fingerprint density at radius 3 is 2.07 bits per heavy atom. The van der Waals surface area contributed by atoms with Gasteiger partial charge in [-0.15, -0.1) is 0 Å². The van der Waals surface area contributed by atoms with Crippen LogP contribution >= 0.6 is 0 Å². The molecule has 4 rings (SSSR count). The van der Waals surface area contributed by atoms with Crippen LogP contribution in [0.1, 0.15) is 42.5 Å². The fraction of sp³-hybridized carbons (Fsp3) is 0.273. The van der Waals surface area contributed by atoms with Crippen LogP contribution in [0.4, 0.5) is 18.9 Å². The highest BCUT2D eigenvalue weighted by Crippen LogP contribution is 2.38. The molecule has 1 aromatic heterocycles. The summed E-state index contributed by atoms with van der Waals surface area (Å²) in [7, 11) is 0. The highest BCUT2D eigenvalue weighted by molar-refractivity contribution is 5.67. The number of ether oxygens (including phenoxy) is 2. The van der Waals surface area contributed by atoms with Crippen LogP contribution < -0.4 is 15.0 Å². The van der Waals surface area contributed by atoms with Gasteiger partial charge in [0.1, 0.15) is 17.2 Å². The standard InChI is InChI=1S/C33H31F3N2O3/c1-21(2)16-17-40-26-12-14-28(15-13-26)41-27-10-8-24(9-11-27)30-19-29(33(34,35)36)31(37-5)32(39)38(30)20-25-7-6-22(3)18-23(25)4/h6-15,18-19,21H,16-17,20H2,1-4H3. The first-order chi connectivity index (χ1) is 19.5. The first kappa shape index (κ1) is 29.5. The smallest absolute Gasteiger partial charge is 0.407 e. The third-order valence-electron chi connectivity index (χ3n) is 6.69. The van der Waals surface area contributed by atoms with Crippen LogP contribution in [-0.2, 0) is 12.7 Å². The Hall–Kier alpha value is -4.51. The van der Waals surface area contributed by atoms with E-state index in [4.69, 9.17) is 16.0 Å². The summed E-state index contributed by atoms with van der Waals surface area (Å²) in [5, 5.41) is 0. The minimum absolute atomic E-state index is 0.0186. The summed E-state index contributed by atoms with van der Waals surface area (Å²) in [4.78, 5) is 16.3. The van der Waals surface area contributed by atoms with Gasteiger partial charge in [-0.2, -0.15) is 13.2 Å². The molecule has 0 radical (unpaired) electrons. The minimum atomic E-state index is -4.86. The zero-order chi connectivity index (χ0) is 29.7. The number of halogens is 3. The Morgan fingerprint density at radius 2 is 1.51 bits per heavy atom. The van der Waals surface area contributed by atoms with Gasteiger partial charge in [0.2, 0.25) is 0 Å². The van der Waals surface area contributed by atoms with Crippen LogP contribution in [0.3, 0.4) is 0 Å². The maximum Gasteiger partial charge on any atom is 0.407 e. The number of alkyl halides is 3. The molecule has 41 heavy (non-hydrogen) atoms. The van der Waals surface area contributed by atoms with Crippen LogP contribution in [-0.4, -0.2) is 11.2 Å². The van der Waals surface area contributed by atoms with Crippen molar-refractivity contribution >= 4 is 5.69 Å². The quantitative estimate of drug-likeness (QED) is 0.192. The summed E-state index contributed by atoms with van der Waals surface area (Å²) in [5.41, 5.74) is -0.0430. The molecule has 0 fully saturated rings.